The lowest BCUT2D eigenvalue weighted by atomic mass is 10.0. The quantitative estimate of drug-likeness (QED) is 0.152. The molecule has 5 amide bonds. The number of hydrogen-bond donors (Lipinski definition) is 6. The van der Waals surface area contributed by atoms with Crippen LogP contribution in [0.3, 0.4) is 0 Å². The zero-order chi connectivity index (χ0) is 31.9. The monoisotopic (exact) mass is 614 g/mol. The predicted octanol–water partition coefficient (Wildman–Crippen LogP) is -0.0635. The molecule has 234 valence electrons. The number of nitrogens with zero attached hydrogens (tertiary/aromatic N) is 1. The molecule has 0 bridgehead atoms. The summed E-state index contributed by atoms with van der Waals surface area (Å²) in [7, 11) is 3.22. The SMILES string of the molecule is CSCCC(NC(=O)C(Cc1ccccc1)NC(=O)CNC(=O)C(C)NC(=O)C(N)Cc1ccc(O)cc1)C(=O)N(C)C. The third-order valence-corrected chi connectivity index (χ3v) is 7.15. The van der Waals surface area contributed by atoms with Crippen molar-refractivity contribution in [1.82, 2.24) is 26.2 Å². The van der Waals surface area contributed by atoms with Gasteiger partial charge >= 0.3 is 0 Å². The van der Waals surface area contributed by atoms with Crippen molar-refractivity contribution in [2.24, 2.45) is 5.73 Å². The number of carbonyl (C=O) groups is 5. The van der Waals surface area contributed by atoms with E-state index in [-0.39, 0.29) is 24.5 Å². The molecule has 13 heteroatoms. The summed E-state index contributed by atoms with van der Waals surface area (Å²) in [4.78, 5) is 65.3. The summed E-state index contributed by atoms with van der Waals surface area (Å²) in [6, 6.07) is 11.7. The maximum atomic E-state index is 13.3. The van der Waals surface area contributed by atoms with Crippen LogP contribution < -0.4 is 27.0 Å². The Kier molecular flexibility index (Phi) is 14.5. The number of aromatic hydroxyl groups is 1. The standard InChI is InChI=1S/C30H42N6O6S/c1-19(33-28(40)23(31)16-21-10-12-22(37)13-11-21)27(39)32-18-26(38)34-25(17-20-8-6-5-7-9-20)29(41)35-24(14-15-43-4)30(42)36(2)3/h5-13,19,23-25,37H,14-18,31H2,1-4H3,(H,32,39)(H,33,40)(H,34,38)(H,35,41). The van der Waals surface area contributed by atoms with Gasteiger partial charge in [0.05, 0.1) is 12.6 Å². The average molecular weight is 615 g/mol. The van der Waals surface area contributed by atoms with Crippen molar-refractivity contribution >= 4 is 41.3 Å². The molecular weight excluding hydrogens is 572 g/mol. The third-order valence-electron chi connectivity index (χ3n) is 6.50. The van der Waals surface area contributed by atoms with E-state index in [0.717, 1.165) is 11.1 Å². The van der Waals surface area contributed by atoms with Crippen molar-refractivity contribution in [3.63, 3.8) is 0 Å². The molecule has 2 aromatic carbocycles. The minimum absolute atomic E-state index is 0.0953. The van der Waals surface area contributed by atoms with Gasteiger partial charge in [0.2, 0.25) is 29.5 Å². The van der Waals surface area contributed by atoms with Gasteiger partial charge in [-0.1, -0.05) is 42.5 Å². The summed E-state index contributed by atoms with van der Waals surface area (Å²) in [6.45, 7) is 1.02. The van der Waals surface area contributed by atoms with Gasteiger partial charge in [0.25, 0.3) is 0 Å². The Hall–Kier alpha value is -4.10. The Morgan fingerprint density at radius 1 is 0.837 bits per heavy atom. The van der Waals surface area contributed by atoms with Gasteiger partial charge < -0.3 is 37.0 Å². The van der Waals surface area contributed by atoms with Crippen LogP contribution in [0, 0.1) is 0 Å². The lowest BCUT2D eigenvalue weighted by molar-refractivity contribution is -0.135. The lowest BCUT2D eigenvalue weighted by Gasteiger charge is -2.25. The molecule has 0 aliphatic carbocycles. The Labute approximate surface area is 256 Å². The molecule has 0 heterocycles. The largest absolute Gasteiger partial charge is 0.508 e. The van der Waals surface area contributed by atoms with Gasteiger partial charge in [0.15, 0.2) is 0 Å². The van der Waals surface area contributed by atoms with Crippen LogP contribution in [0.4, 0.5) is 0 Å². The third kappa shape index (κ3) is 12.3. The van der Waals surface area contributed by atoms with Crippen LogP contribution in [0.15, 0.2) is 54.6 Å². The van der Waals surface area contributed by atoms with Crippen molar-refractivity contribution in [2.45, 2.75) is 50.4 Å². The van der Waals surface area contributed by atoms with Crippen molar-refractivity contribution in [1.29, 1.82) is 0 Å². The Balaban J connectivity index is 1.97. The number of carbonyl (C=O) groups excluding carboxylic acids is 5. The number of benzene rings is 2. The van der Waals surface area contributed by atoms with Crippen LogP contribution in [0.5, 0.6) is 5.75 Å². The van der Waals surface area contributed by atoms with Crippen molar-refractivity contribution in [3.05, 3.63) is 65.7 Å². The number of amides is 5. The molecule has 43 heavy (non-hydrogen) atoms. The molecule has 0 aromatic heterocycles. The molecule has 4 unspecified atom stereocenters. The first-order valence-corrected chi connectivity index (χ1v) is 15.3. The molecule has 0 radical (unpaired) electrons. The summed E-state index contributed by atoms with van der Waals surface area (Å²) >= 11 is 1.55. The van der Waals surface area contributed by atoms with E-state index in [1.165, 1.54) is 24.0 Å². The zero-order valence-electron chi connectivity index (χ0n) is 25.0. The van der Waals surface area contributed by atoms with Crippen molar-refractivity contribution in [3.8, 4) is 5.75 Å². The number of nitrogens with one attached hydrogen (secondary N) is 4. The zero-order valence-corrected chi connectivity index (χ0v) is 25.8. The molecule has 0 aliphatic heterocycles. The number of phenols is 1. The average Bonchev–Trinajstić information content (AvgIpc) is 2.98. The van der Waals surface area contributed by atoms with E-state index in [9.17, 15) is 29.1 Å². The molecule has 4 atom stereocenters. The highest BCUT2D eigenvalue weighted by Gasteiger charge is 2.28. The van der Waals surface area contributed by atoms with Gasteiger partial charge in [0.1, 0.15) is 23.9 Å². The first kappa shape index (κ1) is 35.1. The summed E-state index contributed by atoms with van der Waals surface area (Å²) in [6.07, 6.45) is 2.70. The number of nitrogens with two attached hydrogens (primary N) is 1. The van der Waals surface area contributed by atoms with Crippen molar-refractivity contribution in [2.75, 3.05) is 32.6 Å². The summed E-state index contributed by atoms with van der Waals surface area (Å²) < 4.78 is 0. The molecule has 0 fully saturated rings. The fourth-order valence-electron chi connectivity index (χ4n) is 4.07. The van der Waals surface area contributed by atoms with Crippen molar-refractivity contribution < 1.29 is 29.1 Å². The number of thioether (sulfide) groups is 1. The molecular formula is C30H42N6O6S. The van der Waals surface area contributed by atoms with Gasteiger partial charge in [-0.25, -0.2) is 0 Å². The highest BCUT2D eigenvalue weighted by molar-refractivity contribution is 7.98. The van der Waals surface area contributed by atoms with Gasteiger partial charge in [-0.2, -0.15) is 11.8 Å². The molecule has 2 aromatic rings. The molecule has 0 spiro atoms. The van der Waals surface area contributed by atoms with Crippen LogP contribution in [0.2, 0.25) is 0 Å². The molecule has 2 rings (SSSR count). The summed E-state index contributed by atoms with van der Waals surface area (Å²) in [5.41, 5.74) is 7.51. The molecule has 0 aliphatic rings. The first-order chi connectivity index (χ1) is 20.4. The van der Waals surface area contributed by atoms with Gasteiger partial charge in [0, 0.05) is 20.5 Å². The minimum Gasteiger partial charge on any atom is -0.508 e. The topological polar surface area (TPSA) is 183 Å². The van der Waals surface area contributed by atoms with Gasteiger partial charge in [-0.15, -0.1) is 0 Å². The molecule has 12 nitrogen and oxygen atoms in total. The second kappa shape index (κ2) is 17.8. The number of likely N-dealkylation sites (N-methyl/N-ethyl adjacent to an activating group) is 1. The second-order valence-corrected chi connectivity index (χ2v) is 11.3. The van der Waals surface area contributed by atoms with Crippen LogP contribution in [-0.2, 0) is 36.8 Å². The maximum Gasteiger partial charge on any atom is 0.244 e. The highest BCUT2D eigenvalue weighted by atomic mass is 32.2. The highest BCUT2D eigenvalue weighted by Crippen LogP contribution is 2.11. The van der Waals surface area contributed by atoms with E-state index in [1.54, 1.807) is 38.0 Å². The summed E-state index contributed by atoms with van der Waals surface area (Å²) in [5.74, 6) is -1.81. The van der Waals surface area contributed by atoms with Crippen LogP contribution in [0.1, 0.15) is 24.5 Å². The minimum atomic E-state index is -1.01. The Bertz CT molecular complexity index is 1230. The smallest absolute Gasteiger partial charge is 0.244 e. The fraction of sp³-hybridized carbons (Fsp3) is 0.433. The van der Waals surface area contributed by atoms with Gasteiger partial charge in [-0.3, -0.25) is 24.0 Å². The van der Waals surface area contributed by atoms with Crippen LogP contribution in [-0.4, -0.2) is 96.4 Å². The Morgan fingerprint density at radius 3 is 2.07 bits per heavy atom. The normalized spacial score (nSPS) is 13.5. The number of hydrogen-bond acceptors (Lipinski definition) is 8. The van der Waals surface area contributed by atoms with Crippen LogP contribution >= 0.6 is 11.8 Å². The first-order valence-electron chi connectivity index (χ1n) is 13.9. The lowest BCUT2D eigenvalue weighted by Crippen LogP contribution is -2.56. The van der Waals surface area contributed by atoms with E-state index in [2.05, 4.69) is 21.3 Å². The van der Waals surface area contributed by atoms with E-state index < -0.39 is 54.3 Å². The van der Waals surface area contributed by atoms with E-state index >= 15 is 0 Å². The maximum absolute atomic E-state index is 13.3. The molecule has 7 N–H and O–H groups in total. The number of phenolic OH excluding ortho intramolecular Hbond substituents is 1. The fourth-order valence-corrected chi connectivity index (χ4v) is 4.54. The van der Waals surface area contributed by atoms with E-state index in [4.69, 9.17) is 5.73 Å². The van der Waals surface area contributed by atoms with Gasteiger partial charge in [-0.05, 0) is 55.0 Å². The number of rotatable bonds is 16. The Morgan fingerprint density at radius 2 is 1.47 bits per heavy atom. The predicted molar refractivity (Wildman–Crippen MR) is 166 cm³/mol. The molecule has 0 saturated heterocycles. The second-order valence-electron chi connectivity index (χ2n) is 10.3. The molecule has 0 saturated carbocycles. The van der Waals surface area contributed by atoms with E-state index in [0.29, 0.717) is 12.2 Å². The van der Waals surface area contributed by atoms with E-state index in [1.807, 2.05) is 36.6 Å². The van der Waals surface area contributed by atoms with Crippen LogP contribution in [0.25, 0.3) is 0 Å². The summed E-state index contributed by atoms with van der Waals surface area (Å²) in [5, 5.41) is 19.8.